The van der Waals surface area contributed by atoms with Crippen LogP contribution in [0.4, 0.5) is 5.69 Å². The molecule has 0 aliphatic carbocycles. The van der Waals surface area contributed by atoms with Crippen molar-refractivity contribution in [1.29, 1.82) is 0 Å². The molecular formula is C12H9Cl2N5O. The van der Waals surface area contributed by atoms with Gasteiger partial charge in [-0.05, 0) is 18.2 Å². The van der Waals surface area contributed by atoms with Crippen molar-refractivity contribution in [1.82, 2.24) is 20.9 Å². The Bertz CT molecular complexity index is 743. The highest BCUT2D eigenvalue weighted by Crippen LogP contribution is 2.32. The molecule has 2 aromatic rings. The molecule has 1 aromatic heterocycles. The van der Waals surface area contributed by atoms with E-state index in [0.29, 0.717) is 21.4 Å². The lowest BCUT2D eigenvalue weighted by atomic mass is 10.1. The molecule has 1 aromatic carbocycles. The van der Waals surface area contributed by atoms with Gasteiger partial charge in [-0.1, -0.05) is 23.2 Å². The zero-order chi connectivity index (χ0) is 14.1. The van der Waals surface area contributed by atoms with Gasteiger partial charge in [-0.25, -0.2) is 4.98 Å². The van der Waals surface area contributed by atoms with Gasteiger partial charge in [0, 0.05) is 16.7 Å². The van der Waals surface area contributed by atoms with Gasteiger partial charge in [0.1, 0.15) is 5.16 Å². The fourth-order valence-electron chi connectivity index (χ4n) is 1.86. The maximum atomic E-state index is 11.4. The normalized spacial score (nSPS) is 14.1. The second-order valence-corrected chi connectivity index (χ2v) is 4.89. The van der Waals surface area contributed by atoms with E-state index in [1.165, 1.54) is 12.4 Å². The van der Waals surface area contributed by atoms with E-state index in [9.17, 15) is 4.79 Å². The molecule has 0 unspecified atom stereocenters. The molecule has 2 heterocycles. The lowest BCUT2D eigenvalue weighted by Gasteiger charge is -2.18. The molecule has 0 fully saturated rings. The van der Waals surface area contributed by atoms with E-state index >= 15 is 0 Å². The van der Waals surface area contributed by atoms with Crippen molar-refractivity contribution >= 4 is 28.9 Å². The molecule has 0 saturated heterocycles. The number of H-pyrrole nitrogens is 1. The Kier molecular flexibility index (Phi) is 3.35. The molecule has 0 spiro atoms. The molecule has 0 amide bonds. The van der Waals surface area contributed by atoms with Crippen LogP contribution in [0, 0.1) is 0 Å². The van der Waals surface area contributed by atoms with Gasteiger partial charge in [-0.2, -0.15) is 0 Å². The molecule has 1 aliphatic heterocycles. The molecule has 3 rings (SSSR count). The molecule has 0 radical (unpaired) electrons. The standard InChI is InChI=1S/C12H9Cl2N5O/c13-7-1-2-10(19-5-11(14)17-18-19)8(3-7)9-4-12(20)16-6-15-9/h1-6,17-18H,(H,15,16,20). The first-order chi connectivity index (χ1) is 9.63. The fourth-order valence-corrected chi connectivity index (χ4v) is 2.17. The van der Waals surface area contributed by atoms with Gasteiger partial charge < -0.3 is 4.98 Å². The highest BCUT2D eigenvalue weighted by atomic mass is 35.5. The SMILES string of the molecule is O=c1cc(-c2cc(Cl)ccc2N2C=C(Cl)NN2)nc[nH]1. The van der Waals surface area contributed by atoms with Crippen LogP contribution >= 0.6 is 23.2 Å². The Morgan fingerprint density at radius 2 is 2.05 bits per heavy atom. The third-order valence-electron chi connectivity index (χ3n) is 2.71. The van der Waals surface area contributed by atoms with Crippen molar-refractivity contribution in [3.63, 3.8) is 0 Å². The van der Waals surface area contributed by atoms with Crippen LogP contribution in [0.25, 0.3) is 11.3 Å². The summed E-state index contributed by atoms with van der Waals surface area (Å²) < 4.78 is 0. The second kappa shape index (κ2) is 5.16. The van der Waals surface area contributed by atoms with Gasteiger partial charge in [0.05, 0.1) is 23.9 Å². The lowest BCUT2D eigenvalue weighted by molar-refractivity contribution is 0.674. The summed E-state index contributed by atoms with van der Waals surface area (Å²) >= 11 is 11.9. The molecule has 0 atom stereocenters. The molecule has 0 bridgehead atoms. The predicted octanol–water partition coefficient (Wildman–Crippen LogP) is 1.96. The van der Waals surface area contributed by atoms with Crippen LogP contribution < -0.4 is 21.5 Å². The molecule has 3 N–H and O–H groups in total. The predicted molar refractivity (Wildman–Crippen MR) is 78.0 cm³/mol. The third kappa shape index (κ3) is 2.49. The van der Waals surface area contributed by atoms with Crippen LogP contribution in [-0.4, -0.2) is 9.97 Å². The summed E-state index contributed by atoms with van der Waals surface area (Å²) in [5.41, 5.74) is 7.38. The van der Waals surface area contributed by atoms with Crippen LogP contribution in [0.2, 0.25) is 5.02 Å². The van der Waals surface area contributed by atoms with E-state index in [1.807, 2.05) is 0 Å². The Morgan fingerprint density at radius 1 is 1.20 bits per heavy atom. The average Bonchev–Trinajstić information content (AvgIpc) is 2.85. The molecule has 6 nitrogen and oxygen atoms in total. The van der Waals surface area contributed by atoms with Gasteiger partial charge in [0.2, 0.25) is 0 Å². The van der Waals surface area contributed by atoms with Gasteiger partial charge in [0.25, 0.3) is 5.56 Å². The number of benzene rings is 1. The summed E-state index contributed by atoms with van der Waals surface area (Å²) in [7, 11) is 0. The molecular weight excluding hydrogens is 301 g/mol. The lowest BCUT2D eigenvalue weighted by Crippen LogP contribution is -2.36. The number of aromatic nitrogens is 2. The summed E-state index contributed by atoms with van der Waals surface area (Å²) in [5, 5.41) is 2.68. The van der Waals surface area contributed by atoms with Gasteiger partial charge in [-0.15, -0.1) is 5.53 Å². The Hall–Kier alpha value is -2.02. The Labute approximate surface area is 124 Å². The van der Waals surface area contributed by atoms with Crippen LogP contribution in [-0.2, 0) is 0 Å². The first-order valence-corrected chi connectivity index (χ1v) is 6.42. The Balaban J connectivity index is 2.14. The second-order valence-electron chi connectivity index (χ2n) is 4.04. The van der Waals surface area contributed by atoms with Crippen molar-refractivity contribution in [2.24, 2.45) is 0 Å². The largest absolute Gasteiger partial charge is 0.313 e. The first kappa shape index (κ1) is 13.0. The number of nitrogens with zero attached hydrogens (tertiary/aromatic N) is 2. The van der Waals surface area contributed by atoms with Gasteiger partial charge in [0.15, 0.2) is 0 Å². The fraction of sp³-hybridized carbons (Fsp3) is 0. The van der Waals surface area contributed by atoms with Gasteiger partial charge >= 0.3 is 0 Å². The zero-order valence-electron chi connectivity index (χ0n) is 10.0. The minimum Gasteiger partial charge on any atom is -0.313 e. The monoisotopic (exact) mass is 309 g/mol. The summed E-state index contributed by atoms with van der Waals surface area (Å²) in [6.45, 7) is 0. The summed E-state index contributed by atoms with van der Waals surface area (Å²) in [5.74, 6) is 0. The molecule has 20 heavy (non-hydrogen) atoms. The quantitative estimate of drug-likeness (QED) is 0.740. The van der Waals surface area contributed by atoms with E-state index in [2.05, 4.69) is 20.9 Å². The van der Waals surface area contributed by atoms with E-state index in [-0.39, 0.29) is 5.56 Å². The highest BCUT2D eigenvalue weighted by molar-refractivity contribution is 6.31. The average molecular weight is 310 g/mol. The third-order valence-corrected chi connectivity index (χ3v) is 3.14. The minimum absolute atomic E-state index is 0.234. The smallest absolute Gasteiger partial charge is 0.251 e. The van der Waals surface area contributed by atoms with Gasteiger partial charge in [-0.3, -0.25) is 15.2 Å². The van der Waals surface area contributed by atoms with Crippen molar-refractivity contribution < 1.29 is 0 Å². The topological polar surface area (TPSA) is 73.1 Å². The number of hydrogen-bond donors (Lipinski definition) is 3. The molecule has 102 valence electrons. The number of nitrogens with one attached hydrogen (secondary N) is 3. The maximum absolute atomic E-state index is 11.4. The summed E-state index contributed by atoms with van der Waals surface area (Å²) in [6, 6.07) is 6.70. The Morgan fingerprint density at radius 3 is 2.75 bits per heavy atom. The molecule has 0 saturated carbocycles. The van der Waals surface area contributed by atoms with Crippen LogP contribution in [0.15, 0.2) is 46.7 Å². The number of aromatic amines is 1. The van der Waals surface area contributed by atoms with E-state index in [4.69, 9.17) is 23.2 Å². The molecule has 8 heteroatoms. The van der Waals surface area contributed by atoms with Crippen molar-refractivity contribution in [2.45, 2.75) is 0 Å². The highest BCUT2D eigenvalue weighted by Gasteiger charge is 2.17. The maximum Gasteiger partial charge on any atom is 0.251 e. The summed E-state index contributed by atoms with van der Waals surface area (Å²) in [6.07, 6.45) is 3.02. The van der Waals surface area contributed by atoms with Crippen molar-refractivity contribution in [2.75, 3.05) is 5.01 Å². The number of hydrazine groups is 2. The number of hydrogen-bond acceptors (Lipinski definition) is 5. The van der Waals surface area contributed by atoms with E-state index in [1.54, 1.807) is 29.4 Å². The van der Waals surface area contributed by atoms with E-state index in [0.717, 1.165) is 5.69 Å². The number of halogens is 2. The minimum atomic E-state index is -0.234. The van der Waals surface area contributed by atoms with Crippen LogP contribution in [0.3, 0.4) is 0 Å². The van der Waals surface area contributed by atoms with E-state index < -0.39 is 0 Å². The van der Waals surface area contributed by atoms with Crippen LogP contribution in [0.5, 0.6) is 0 Å². The number of anilines is 1. The first-order valence-electron chi connectivity index (χ1n) is 5.66. The van der Waals surface area contributed by atoms with Crippen molar-refractivity contribution in [3.05, 3.63) is 57.3 Å². The molecule has 1 aliphatic rings. The van der Waals surface area contributed by atoms with Crippen LogP contribution in [0.1, 0.15) is 0 Å². The zero-order valence-corrected chi connectivity index (χ0v) is 11.5. The summed E-state index contributed by atoms with van der Waals surface area (Å²) in [4.78, 5) is 18.1. The van der Waals surface area contributed by atoms with Crippen molar-refractivity contribution in [3.8, 4) is 11.3 Å². The number of rotatable bonds is 2.